The van der Waals surface area contributed by atoms with Crippen molar-refractivity contribution in [1.29, 1.82) is 0 Å². The second kappa shape index (κ2) is 6.44. The van der Waals surface area contributed by atoms with E-state index in [-0.39, 0.29) is 22.2 Å². The zero-order valence-electron chi connectivity index (χ0n) is 12.0. The van der Waals surface area contributed by atoms with Crippen LogP contribution in [-0.4, -0.2) is 11.4 Å². The topological polar surface area (TPSA) is 29.1 Å². The van der Waals surface area contributed by atoms with Crippen molar-refractivity contribution in [1.82, 2.24) is 0 Å². The summed E-state index contributed by atoms with van der Waals surface area (Å²) in [5, 5.41) is 2.63. The molecular formula is C16H14F3NOS. The Morgan fingerprint density at radius 2 is 1.73 bits per heavy atom. The van der Waals surface area contributed by atoms with Crippen LogP contribution in [0.2, 0.25) is 0 Å². The van der Waals surface area contributed by atoms with Gasteiger partial charge in [-0.1, -0.05) is 18.2 Å². The normalized spacial score (nSPS) is 11.3. The summed E-state index contributed by atoms with van der Waals surface area (Å²) in [6.45, 7) is 3.84. The maximum absolute atomic E-state index is 12.5. The number of aryl methyl sites for hydroxylation is 2. The van der Waals surface area contributed by atoms with Crippen LogP contribution in [0.15, 0.2) is 47.4 Å². The van der Waals surface area contributed by atoms with Crippen LogP contribution in [0.4, 0.5) is 18.9 Å². The number of carbonyl (C=O) groups is 1. The van der Waals surface area contributed by atoms with Gasteiger partial charge in [-0.25, -0.2) is 0 Å². The number of hydrogen-bond donors (Lipinski definition) is 1. The van der Waals surface area contributed by atoms with E-state index in [1.165, 1.54) is 24.3 Å². The smallest absolute Gasteiger partial charge is 0.322 e. The number of carbonyl (C=O) groups excluding carboxylic acids is 1. The number of rotatable bonds is 3. The molecule has 0 unspecified atom stereocenters. The lowest BCUT2D eigenvalue weighted by Crippen LogP contribution is -2.14. The van der Waals surface area contributed by atoms with E-state index in [0.717, 1.165) is 11.1 Å². The summed E-state index contributed by atoms with van der Waals surface area (Å²) in [5.41, 5.74) is -1.80. The van der Waals surface area contributed by atoms with E-state index in [2.05, 4.69) is 5.32 Å². The number of benzene rings is 2. The molecule has 0 heterocycles. The second-order valence-electron chi connectivity index (χ2n) is 4.80. The number of halogens is 3. The summed E-state index contributed by atoms with van der Waals surface area (Å²) in [5.74, 6) is -0.560. The van der Waals surface area contributed by atoms with E-state index in [0.29, 0.717) is 5.69 Å². The van der Waals surface area contributed by atoms with E-state index < -0.39 is 11.4 Å². The summed E-state index contributed by atoms with van der Waals surface area (Å²) in [7, 11) is 0. The first-order valence-electron chi connectivity index (χ1n) is 6.49. The molecule has 1 amide bonds. The molecule has 0 saturated heterocycles. The first kappa shape index (κ1) is 16.4. The van der Waals surface area contributed by atoms with Crippen LogP contribution in [-0.2, 0) is 0 Å². The fourth-order valence-electron chi connectivity index (χ4n) is 1.89. The molecule has 0 fully saturated rings. The fraction of sp³-hybridized carbons (Fsp3) is 0.188. The predicted molar refractivity (Wildman–Crippen MR) is 82.2 cm³/mol. The van der Waals surface area contributed by atoms with E-state index >= 15 is 0 Å². The highest BCUT2D eigenvalue weighted by Crippen LogP contribution is 2.38. The molecule has 0 aliphatic heterocycles. The molecule has 6 heteroatoms. The van der Waals surface area contributed by atoms with Gasteiger partial charge in [0.25, 0.3) is 5.91 Å². The molecule has 22 heavy (non-hydrogen) atoms. The third-order valence-corrected chi connectivity index (χ3v) is 3.93. The minimum absolute atomic E-state index is 0.00283. The minimum Gasteiger partial charge on any atom is -0.322 e. The summed E-state index contributed by atoms with van der Waals surface area (Å²) < 4.78 is 37.6. The highest BCUT2D eigenvalue weighted by molar-refractivity contribution is 8.00. The van der Waals surface area contributed by atoms with Gasteiger partial charge in [-0.3, -0.25) is 4.79 Å². The fourth-order valence-corrected chi connectivity index (χ4v) is 2.55. The van der Waals surface area contributed by atoms with Crippen LogP contribution in [0.25, 0.3) is 0 Å². The van der Waals surface area contributed by atoms with Gasteiger partial charge in [0.2, 0.25) is 0 Å². The van der Waals surface area contributed by atoms with Gasteiger partial charge in [-0.15, -0.1) is 0 Å². The number of alkyl halides is 3. The highest BCUT2D eigenvalue weighted by atomic mass is 32.2. The summed E-state index contributed by atoms with van der Waals surface area (Å²) in [6.07, 6.45) is 0. The Bertz CT molecular complexity index is 698. The first-order chi connectivity index (χ1) is 10.3. The Hall–Kier alpha value is -1.95. The van der Waals surface area contributed by atoms with Crippen LogP contribution in [0, 0.1) is 13.8 Å². The van der Waals surface area contributed by atoms with Crippen molar-refractivity contribution in [2.24, 2.45) is 0 Å². The van der Waals surface area contributed by atoms with Crippen LogP contribution >= 0.6 is 11.8 Å². The second-order valence-corrected chi connectivity index (χ2v) is 5.90. The van der Waals surface area contributed by atoms with E-state index in [1.807, 2.05) is 19.9 Å². The summed E-state index contributed by atoms with van der Waals surface area (Å²) >= 11 is -0.289. The molecule has 0 aliphatic carbocycles. The van der Waals surface area contributed by atoms with Crippen molar-refractivity contribution in [3.63, 3.8) is 0 Å². The highest BCUT2D eigenvalue weighted by Gasteiger charge is 2.31. The van der Waals surface area contributed by atoms with Crippen molar-refractivity contribution in [2.45, 2.75) is 24.3 Å². The van der Waals surface area contributed by atoms with Gasteiger partial charge in [-0.05, 0) is 61.0 Å². The van der Waals surface area contributed by atoms with Crippen molar-refractivity contribution in [3.05, 3.63) is 59.2 Å². The Morgan fingerprint density at radius 3 is 2.36 bits per heavy atom. The predicted octanol–water partition coefficient (Wildman–Crippen LogP) is 5.17. The summed E-state index contributed by atoms with van der Waals surface area (Å²) in [6, 6.07) is 11.0. The molecule has 0 saturated carbocycles. The van der Waals surface area contributed by atoms with Gasteiger partial charge in [-0.2, -0.15) is 13.2 Å². The molecule has 0 aliphatic rings. The molecule has 0 radical (unpaired) electrons. The number of amides is 1. The molecule has 0 bridgehead atoms. The Labute approximate surface area is 130 Å². The monoisotopic (exact) mass is 325 g/mol. The average Bonchev–Trinajstić information content (AvgIpc) is 2.41. The van der Waals surface area contributed by atoms with Crippen LogP contribution in [0.1, 0.15) is 21.5 Å². The molecular weight excluding hydrogens is 311 g/mol. The van der Waals surface area contributed by atoms with Crippen LogP contribution in [0.5, 0.6) is 0 Å². The van der Waals surface area contributed by atoms with Gasteiger partial charge >= 0.3 is 5.51 Å². The Balaban J connectivity index is 2.24. The van der Waals surface area contributed by atoms with Crippen LogP contribution in [0.3, 0.4) is 0 Å². The first-order valence-corrected chi connectivity index (χ1v) is 7.31. The van der Waals surface area contributed by atoms with Gasteiger partial charge in [0.1, 0.15) is 0 Å². The maximum atomic E-state index is 12.5. The Morgan fingerprint density at radius 1 is 1.05 bits per heavy atom. The lowest BCUT2D eigenvalue weighted by Gasteiger charge is -2.12. The van der Waals surface area contributed by atoms with E-state index in [1.54, 1.807) is 12.1 Å². The van der Waals surface area contributed by atoms with Crippen molar-refractivity contribution < 1.29 is 18.0 Å². The largest absolute Gasteiger partial charge is 0.446 e. The number of anilines is 1. The zero-order valence-corrected chi connectivity index (χ0v) is 12.8. The van der Waals surface area contributed by atoms with Crippen molar-refractivity contribution in [3.8, 4) is 0 Å². The SMILES string of the molecule is Cc1ccc(NC(=O)c2ccccc2SC(F)(F)F)cc1C. The lowest BCUT2D eigenvalue weighted by atomic mass is 10.1. The molecule has 0 atom stereocenters. The lowest BCUT2D eigenvalue weighted by molar-refractivity contribution is -0.0328. The van der Waals surface area contributed by atoms with Crippen molar-refractivity contribution >= 4 is 23.4 Å². The molecule has 0 spiro atoms. The van der Waals surface area contributed by atoms with Gasteiger partial charge in [0.15, 0.2) is 0 Å². The van der Waals surface area contributed by atoms with Gasteiger partial charge in [0.05, 0.1) is 5.56 Å². The summed E-state index contributed by atoms with van der Waals surface area (Å²) in [4.78, 5) is 12.1. The van der Waals surface area contributed by atoms with Gasteiger partial charge < -0.3 is 5.32 Å². The quantitative estimate of drug-likeness (QED) is 0.789. The standard InChI is InChI=1S/C16H14F3NOS/c1-10-7-8-12(9-11(10)2)20-15(21)13-5-3-4-6-14(13)22-16(17,18)19/h3-9H,1-2H3,(H,20,21). The van der Waals surface area contributed by atoms with Crippen LogP contribution < -0.4 is 5.32 Å². The molecule has 116 valence electrons. The van der Waals surface area contributed by atoms with E-state index in [9.17, 15) is 18.0 Å². The average molecular weight is 325 g/mol. The molecule has 2 aromatic rings. The molecule has 1 N–H and O–H groups in total. The molecule has 2 aromatic carbocycles. The number of nitrogens with one attached hydrogen (secondary N) is 1. The third kappa shape index (κ3) is 4.27. The maximum Gasteiger partial charge on any atom is 0.446 e. The number of thioether (sulfide) groups is 1. The van der Waals surface area contributed by atoms with Crippen molar-refractivity contribution in [2.75, 3.05) is 5.32 Å². The molecule has 2 rings (SSSR count). The molecule has 0 aromatic heterocycles. The Kier molecular flexibility index (Phi) is 4.81. The molecule has 2 nitrogen and oxygen atoms in total. The van der Waals surface area contributed by atoms with Gasteiger partial charge in [0, 0.05) is 10.6 Å². The van der Waals surface area contributed by atoms with E-state index in [4.69, 9.17) is 0 Å². The third-order valence-electron chi connectivity index (χ3n) is 3.12. The minimum atomic E-state index is -4.43. The number of hydrogen-bond acceptors (Lipinski definition) is 2. The zero-order chi connectivity index (χ0) is 16.3.